The van der Waals surface area contributed by atoms with Crippen molar-refractivity contribution in [3.05, 3.63) is 0 Å². The Morgan fingerprint density at radius 2 is 2.38 bits per heavy atom. The van der Waals surface area contributed by atoms with Crippen molar-refractivity contribution in [1.29, 1.82) is 0 Å². The van der Waals surface area contributed by atoms with Crippen LogP contribution in [0, 0.1) is 0 Å². The topological polar surface area (TPSA) is 38.0 Å². The van der Waals surface area contributed by atoms with Crippen molar-refractivity contribution in [1.82, 2.24) is 5.32 Å². The molecular formula is C5H13N2P. The van der Waals surface area contributed by atoms with Crippen LogP contribution in [-0.2, 0) is 0 Å². The highest BCUT2D eigenvalue weighted by Gasteiger charge is 2.20. The van der Waals surface area contributed by atoms with E-state index in [2.05, 4.69) is 14.6 Å². The van der Waals surface area contributed by atoms with Gasteiger partial charge in [0.05, 0.1) is 0 Å². The van der Waals surface area contributed by atoms with Crippen molar-refractivity contribution in [2.24, 2.45) is 5.73 Å². The van der Waals surface area contributed by atoms with Gasteiger partial charge in [0.1, 0.15) is 0 Å². The second-order valence-electron chi connectivity index (χ2n) is 2.51. The van der Waals surface area contributed by atoms with E-state index in [9.17, 15) is 0 Å². The molecular weight excluding hydrogens is 119 g/mol. The Hall–Kier alpha value is 0.350. The Morgan fingerprint density at radius 1 is 1.62 bits per heavy atom. The van der Waals surface area contributed by atoms with Crippen molar-refractivity contribution in [2.75, 3.05) is 13.1 Å². The number of nitrogens with one attached hydrogen (secondary N) is 1. The van der Waals surface area contributed by atoms with E-state index in [1.54, 1.807) is 0 Å². The first-order valence-electron chi connectivity index (χ1n) is 2.99. The van der Waals surface area contributed by atoms with Gasteiger partial charge in [-0.3, -0.25) is 0 Å². The van der Waals surface area contributed by atoms with Crippen LogP contribution in [0.2, 0.25) is 0 Å². The number of rotatable bonds is 0. The van der Waals surface area contributed by atoms with Crippen LogP contribution in [0.1, 0.15) is 12.8 Å². The van der Waals surface area contributed by atoms with E-state index in [1.165, 1.54) is 6.42 Å². The van der Waals surface area contributed by atoms with Gasteiger partial charge in [-0.05, 0) is 19.4 Å². The Morgan fingerprint density at radius 3 is 2.62 bits per heavy atom. The fourth-order valence-electron chi connectivity index (χ4n) is 0.952. The number of piperidine rings is 1. The minimum absolute atomic E-state index is 0.0156. The molecule has 2 nitrogen and oxygen atoms in total. The average molecular weight is 132 g/mol. The van der Waals surface area contributed by atoms with Crippen LogP contribution < -0.4 is 11.1 Å². The predicted molar refractivity (Wildman–Crippen MR) is 38.7 cm³/mol. The van der Waals surface area contributed by atoms with Crippen LogP contribution >= 0.6 is 9.24 Å². The number of hydrogen-bond donors (Lipinski definition) is 2. The Kier molecular flexibility index (Phi) is 1.86. The number of nitrogens with two attached hydrogens (primary N) is 1. The highest BCUT2D eigenvalue weighted by molar-refractivity contribution is 7.18. The van der Waals surface area contributed by atoms with Crippen molar-refractivity contribution in [3.8, 4) is 0 Å². The molecule has 1 aliphatic heterocycles. The molecule has 3 heteroatoms. The standard InChI is InChI=1S/C5H13N2P/c6-5(8)2-1-3-7-4-5/h7H,1-4,6,8H2. The molecule has 1 saturated heterocycles. The molecule has 48 valence electrons. The lowest BCUT2D eigenvalue weighted by Gasteiger charge is -2.29. The first-order chi connectivity index (χ1) is 3.71. The third kappa shape index (κ3) is 1.70. The highest BCUT2D eigenvalue weighted by Crippen LogP contribution is 2.18. The maximum Gasteiger partial charge on any atom is 0.0424 e. The van der Waals surface area contributed by atoms with E-state index in [1.807, 2.05) is 0 Å². The number of hydrogen-bond acceptors (Lipinski definition) is 2. The van der Waals surface area contributed by atoms with Crippen molar-refractivity contribution in [3.63, 3.8) is 0 Å². The molecule has 0 spiro atoms. The molecule has 8 heavy (non-hydrogen) atoms. The summed E-state index contributed by atoms with van der Waals surface area (Å²) in [6.07, 6.45) is 2.34. The van der Waals surface area contributed by atoms with Crippen LogP contribution in [0.25, 0.3) is 0 Å². The van der Waals surface area contributed by atoms with Gasteiger partial charge in [-0.1, -0.05) is 0 Å². The molecule has 0 aromatic carbocycles. The largest absolute Gasteiger partial charge is 0.321 e. The third-order valence-corrected chi connectivity index (χ3v) is 1.94. The molecule has 3 N–H and O–H groups in total. The molecule has 1 heterocycles. The fraction of sp³-hybridized carbons (Fsp3) is 1.00. The zero-order chi connectivity index (χ0) is 6.04. The Balaban J connectivity index is 2.33. The van der Waals surface area contributed by atoms with E-state index in [0.29, 0.717) is 0 Å². The Labute approximate surface area is 52.4 Å². The monoisotopic (exact) mass is 132 g/mol. The van der Waals surface area contributed by atoms with Gasteiger partial charge in [0.2, 0.25) is 0 Å². The fourth-order valence-corrected chi connectivity index (χ4v) is 1.30. The molecule has 0 aliphatic carbocycles. The van der Waals surface area contributed by atoms with Crippen LogP contribution in [0.4, 0.5) is 0 Å². The molecule has 1 fully saturated rings. The minimum atomic E-state index is -0.0156. The molecule has 0 amide bonds. The molecule has 2 atom stereocenters. The predicted octanol–water partition coefficient (Wildman–Crippen LogP) is -0.100. The van der Waals surface area contributed by atoms with E-state index < -0.39 is 0 Å². The van der Waals surface area contributed by atoms with Gasteiger partial charge in [0.15, 0.2) is 0 Å². The van der Waals surface area contributed by atoms with Crippen LogP contribution in [-0.4, -0.2) is 18.4 Å². The second-order valence-corrected chi connectivity index (χ2v) is 3.66. The molecule has 0 aromatic rings. The zero-order valence-electron chi connectivity index (χ0n) is 4.98. The summed E-state index contributed by atoms with van der Waals surface area (Å²) in [5.41, 5.74) is 5.78. The molecule has 2 unspecified atom stereocenters. The van der Waals surface area contributed by atoms with E-state index in [-0.39, 0.29) is 5.28 Å². The zero-order valence-corrected chi connectivity index (χ0v) is 6.14. The van der Waals surface area contributed by atoms with Gasteiger partial charge in [-0.25, -0.2) is 0 Å². The van der Waals surface area contributed by atoms with Crippen LogP contribution in [0.5, 0.6) is 0 Å². The van der Waals surface area contributed by atoms with E-state index >= 15 is 0 Å². The lowest BCUT2D eigenvalue weighted by atomic mass is 10.1. The van der Waals surface area contributed by atoms with Crippen molar-refractivity contribution < 1.29 is 0 Å². The molecule has 1 rings (SSSR count). The van der Waals surface area contributed by atoms with Gasteiger partial charge >= 0.3 is 0 Å². The molecule has 0 bridgehead atoms. The van der Waals surface area contributed by atoms with Crippen molar-refractivity contribution >= 4 is 9.24 Å². The molecule has 0 aromatic heterocycles. The SMILES string of the molecule is NC1(P)CCCNC1. The summed E-state index contributed by atoms with van der Waals surface area (Å²) in [7, 11) is 2.68. The summed E-state index contributed by atoms with van der Waals surface area (Å²) in [5, 5.41) is 3.21. The van der Waals surface area contributed by atoms with Crippen molar-refractivity contribution in [2.45, 2.75) is 18.1 Å². The maximum absolute atomic E-state index is 5.78. The van der Waals surface area contributed by atoms with Gasteiger partial charge in [-0.2, -0.15) is 0 Å². The summed E-state index contributed by atoms with van der Waals surface area (Å²) in [6.45, 7) is 2.07. The van der Waals surface area contributed by atoms with Crippen LogP contribution in [0.3, 0.4) is 0 Å². The Bertz CT molecular complexity index is 74.5. The maximum atomic E-state index is 5.78. The summed E-state index contributed by atoms with van der Waals surface area (Å²) in [5.74, 6) is 0. The highest BCUT2D eigenvalue weighted by atomic mass is 31.0. The van der Waals surface area contributed by atoms with Gasteiger partial charge < -0.3 is 11.1 Å². The van der Waals surface area contributed by atoms with E-state index in [0.717, 1.165) is 19.5 Å². The normalized spacial score (nSPS) is 39.8. The van der Waals surface area contributed by atoms with Gasteiger partial charge in [0, 0.05) is 11.8 Å². The first kappa shape index (κ1) is 6.47. The second kappa shape index (κ2) is 2.30. The smallest absolute Gasteiger partial charge is 0.0424 e. The quantitative estimate of drug-likeness (QED) is 0.452. The van der Waals surface area contributed by atoms with Crippen LogP contribution in [0.15, 0.2) is 0 Å². The van der Waals surface area contributed by atoms with Gasteiger partial charge in [0.25, 0.3) is 0 Å². The third-order valence-electron chi connectivity index (χ3n) is 1.45. The van der Waals surface area contributed by atoms with E-state index in [4.69, 9.17) is 5.73 Å². The summed E-state index contributed by atoms with van der Waals surface area (Å²) < 4.78 is 0. The minimum Gasteiger partial charge on any atom is -0.321 e. The summed E-state index contributed by atoms with van der Waals surface area (Å²) in [6, 6.07) is 0. The first-order valence-corrected chi connectivity index (χ1v) is 3.57. The average Bonchev–Trinajstić information content (AvgIpc) is 1.65. The lowest BCUT2D eigenvalue weighted by Crippen LogP contribution is -2.47. The van der Waals surface area contributed by atoms with Gasteiger partial charge in [-0.15, -0.1) is 9.24 Å². The lowest BCUT2D eigenvalue weighted by molar-refractivity contribution is 0.425. The summed E-state index contributed by atoms with van der Waals surface area (Å²) in [4.78, 5) is 0. The molecule has 0 saturated carbocycles. The summed E-state index contributed by atoms with van der Waals surface area (Å²) >= 11 is 0. The molecule has 1 aliphatic rings. The molecule has 0 radical (unpaired) electrons.